The lowest BCUT2D eigenvalue weighted by Gasteiger charge is -2.18. The highest BCUT2D eigenvalue weighted by Gasteiger charge is 2.25. The Balaban J connectivity index is 1.27. The van der Waals surface area contributed by atoms with Crippen LogP contribution >= 0.6 is 34.4 Å². The van der Waals surface area contributed by atoms with Gasteiger partial charge in [-0.3, -0.25) is 4.79 Å². The van der Waals surface area contributed by atoms with E-state index in [2.05, 4.69) is 33.9 Å². The van der Waals surface area contributed by atoms with Gasteiger partial charge in [0.05, 0.1) is 11.3 Å². The van der Waals surface area contributed by atoms with Gasteiger partial charge in [0, 0.05) is 27.7 Å². The van der Waals surface area contributed by atoms with Crippen LogP contribution in [-0.4, -0.2) is 26.4 Å². The van der Waals surface area contributed by atoms with Crippen molar-refractivity contribution in [2.75, 3.05) is 11.1 Å². The molecule has 2 aliphatic rings. The fourth-order valence-electron chi connectivity index (χ4n) is 4.61. The highest BCUT2D eigenvalue weighted by atomic mass is 32.2. The largest absolute Gasteiger partial charge is 0.316 e. The van der Waals surface area contributed by atoms with E-state index in [0.717, 1.165) is 61.0 Å². The number of hydrogen-bond donors (Lipinski definition) is 1. The van der Waals surface area contributed by atoms with Gasteiger partial charge >= 0.3 is 0 Å². The number of thiophene rings is 2. The number of fused-ring (bicyclic) bond motifs is 2. The molecule has 1 atom stereocenters. The Morgan fingerprint density at radius 3 is 2.97 bits per heavy atom. The van der Waals surface area contributed by atoms with Crippen molar-refractivity contribution in [2.24, 2.45) is 13.0 Å². The minimum atomic E-state index is -0.114. The van der Waals surface area contributed by atoms with Gasteiger partial charge in [0.25, 0.3) is 0 Å². The fraction of sp³-hybridized carbons (Fsp3) is 0.478. The standard InChI is InChI=1S/C23H25N5OS3/c1-13-7-8-15-17(11-30-19(15)9-13)21-26-27-23(28(21)2)31-12-20(29)25-22-16(10-24)14-5-3-4-6-18(14)32-22/h11,13H,3-9,12H2,1-2H3,(H,25,29). The van der Waals surface area contributed by atoms with Crippen LogP contribution < -0.4 is 5.32 Å². The monoisotopic (exact) mass is 483 g/mol. The molecule has 3 aromatic rings. The number of amides is 1. The van der Waals surface area contributed by atoms with Crippen molar-refractivity contribution in [1.29, 1.82) is 5.26 Å². The Morgan fingerprint density at radius 2 is 2.12 bits per heavy atom. The van der Waals surface area contributed by atoms with E-state index in [-0.39, 0.29) is 11.7 Å². The van der Waals surface area contributed by atoms with E-state index in [1.54, 1.807) is 11.3 Å². The molecule has 1 unspecified atom stereocenters. The van der Waals surface area contributed by atoms with Crippen LogP contribution in [0.4, 0.5) is 5.00 Å². The lowest BCUT2D eigenvalue weighted by Crippen LogP contribution is -2.14. The van der Waals surface area contributed by atoms with Gasteiger partial charge in [-0.25, -0.2) is 0 Å². The Kier molecular flexibility index (Phi) is 6.10. The topological polar surface area (TPSA) is 83.6 Å². The lowest BCUT2D eigenvalue weighted by molar-refractivity contribution is -0.113. The highest BCUT2D eigenvalue weighted by molar-refractivity contribution is 7.99. The average Bonchev–Trinajstić information content (AvgIpc) is 3.46. The lowest BCUT2D eigenvalue weighted by atomic mass is 9.88. The van der Waals surface area contributed by atoms with Gasteiger partial charge in [0.1, 0.15) is 11.1 Å². The van der Waals surface area contributed by atoms with Gasteiger partial charge in [-0.2, -0.15) is 5.26 Å². The molecule has 1 N–H and O–H groups in total. The second kappa shape index (κ2) is 9.00. The Hall–Kier alpha value is -2.15. The molecule has 32 heavy (non-hydrogen) atoms. The molecule has 0 saturated heterocycles. The summed E-state index contributed by atoms with van der Waals surface area (Å²) in [6.45, 7) is 2.31. The van der Waals surface area contributed by atoms with Crippen molar-refractivity contribution in [3.05, 3.63) is 31.8 Å². The average molecular weight is 484 g/mol. The smallest absolute Gasteiger partial charge is 0.235 e. The van der Waals surface area contributed by atoms with Crippen LogP contribution in [0.5, 0.6) is 0 Å². The molecule has 0 spiro atoms. The third-order valence-corrected chi connectivity index (χ3v) is 9.62. The first-order valence-corrected chi connectivity index (χ1v) is 13.7. The summed E-state index contributed by atoms with van der Waals surface area (Å²) in [6.07, 6.45) is 7.67. The maximum absolute atomic E-state index is 12.6. The first-order valence-electron chi connectivity index (χ1n) is 11.0. The van der Waals surface area contributed by atoms with Crippen molar-refractivity contribution in [3.63, 3.8) is 0 Å². The van der Waals surface area contributed by atoms with Gasteiger partial charge in [-0.15, -0.1) is 32.9 Å². The minimum absolute atomic E-state index is 0.114. The quantitative estimate of drug-likeness (QED) is 0.504. The number of aromatic nitrogens is 3. The highest BCUT2D eigenvalue weighted by Crippen LogP contribution is 2.39. The molecule has 2 aliphatic carbocycles. The first-order chi connectivity index (χ1) is 15.5. The molecular weight excluding hydrogens is 458 g/mol. The molecule has 1 amide bonds. The predicted molar refractivity (Wildman–Crippen MR) is 131 cm³/mol. The summed E-state index contributed by atoms with van der Waals surface area (Å²) in [6, 6.07) is 2.30. The van der Waals surface area contributed by atoms with Crippen LogP contribution in [-0.2, 0) is 37.5 Å². The molecule has 0 saturated carbocycles. The van der Waals surface area contributed by atoms with Crippen LogP contribution in [0.25, 0.3) is 11.4 Å². The van der Waals surface area contributed by atoms with Gasteiger partial charge in [0.15, 0.2) is 11.0 Å². The van der Waals surface area contributed by atoms with Crippen molar-refractivity contribution >= 4 is 45.3 Å². The zero-order valence-corrected chi connectivity index (χ0v) is 20.7. The van der Waals surface area contributed by atoms with Gasteiger partial charge in [-0.05, 0) is 62.0 Å². The second-order valence-corrected chi connectivity index (χ2v) is 11.6. The summed E-state index contributed by atoms with van der Waals surface area (Å²) in [5.74, 6) is 1.74. The fourth-order valence-corrected chi connectivity index (χ4v) is 7.81. The third kappa shape index (κ3) is 4.00. The predicted octanol–water partition coefficient (Wildman–Crippen LogP) is 5.21. The van der Waals surface area contributed by atoms with E-state index in [4.69, 9.17) is 0 Å². The number of nitrogens with one attached hydrogen (secondary N) is 1. The first kappa shape index (κ1) is 21.7. The Bertz CT molecular complexity index is 1220. The van der Waals surface area contributed by atoms with Gasteiger partial charge in [-0.1, -0.05) is 18.7 Å². The molecule has 0 radical (unpaired) electrons. The third-order valence-electron chi connectivity index (χ3n) is 6.35. The molecule has 5 rings (SSSR count). The number of carbonyl (C=O) groups excluding carboxylic acids is 1. The van der Waals surface area contributed by atoms with E-state index in [0.29, 0.717) is 10.6 Å². The van der Waals surface area contributed by atoms with E-state index < -0.39 is 0 Å². The summed E-state index contributed by atoms with van der Waals surface area (Å²) in [5, 5.41) is 25.0. The molecule has 6 nitrogen and oxygen atoms in total. The number of aryl methyl sites for hydroxylation is 1. The molecule has 0 fully saturated rings. The van der Waals surface area contributed by atoms with Crippen molar-refractivity contribution < 1.29 is 4.79 Å². The van der Waals surface area contributed by atoms with Crippen molar-refractivity contribution in [1.82, 2.24) is 14.8 Å². The molecule has 0 bridgehead atoms. The minimum Gasteiger partial charge on any atom is -0.316 e. The number of nitrogens with zero attached hydrogens (tertiary/aromatic N) is 4. The van der Waals surface area contributed by atoms with Crippen LogP contribution in [0.3, 0.4) is 0 Å². The van der Waals surface area contributed by atoms with E-state index in [1.165, 1.54) is 39.1 Å². The van der Waals surface area contributed by atoms with E-state index in [1.807, 2.05) is 23.0 Å². The maximum Gasteiger partial charge on any atom is 0.235 e. The Morgan fingerprint density at radius 1 is 1.28 bits per heavy atom. The molecule has 3 heterocycles. The number of carbonyl (C=O) groups is 1. The molecule has 9 heteroatoms. The van der Waals surface area contributed by atoms with Crippen LogP contribution in [0.1, 0.15) is 52.6 Å². The summed E-state index contributed by atoms with van der Waals surface area (Å²) < 4.78 is 1.99. The molecule has 166 valence electrons. The summed E-state index contributed by atoms with van der Waals surface area (Å²) in [7, 11) is 1.96. The SMILES string of the molecule is CC1CCc2c(-c3nnc(SCC(=O)Nc4sc5c(c4C#N)CCCC5)n3C)csc2C1. The normalized spacial score (nSPS) is 17.5. The van der Waals surface area contributed by atoms with E-state index in [9.17, 15) is 10.1 Å². The van der Waals surface area contributed by atoms with Gasteiger partial charge in [0.2, 0.25) is 5.91 Å². The number of hydrogen-bond acceptors (Lipinski definition) is 7. The number of nitriles is 1. The number of rotatable bonds is 5. The maximum atomic E-state index is 12.6. The molecule has 0 aromatic carbocycles. The van der Waals surface area contributed by atoms with Crippen LogP contribution in [0.2, 0.25) is 0 Å². The summed E-state index contributed by atoms with van der Waals surface area (Å²) >= 11 is 4.77. The molecular formula is C23H25N5OS3. The van der Waals surface area contributed by atoms with Crippen molar-refractivity contribution in [3.8, 4) is 17.5 Å². The van der Waals surface area contributed by atoms with Crippen molar-refractivity contribution in [2.45, 2.75) is 57.0 Å². The number of thioether (sulfide) groups is 1. The van der Waals surface area contributed by atoms with Crippen LogP contribution in [0.15, 0.2) is 10.5 Å². The number of anilines is 1. The Labute approximate surface area is 200 Å². The zero-order valence-electron chi connectivity index (χ0n) is 18.2. The summed E-state index contributed by atoms with van der Waals surface area (Å²) in [4.78, 5) is 15.4. The van der Waals surface area contributed by atoms with Gasteiger partial charge < -0.3 is 9.88 Å². The molecule has 3 aromatic heterocycles. The van der Waals surface area contributed by atoms with E-state index >= 15 is 0 Å². The molecule has 0 aliphatic heterocycles. The zero-order chi connectivity index (χ0) is 22.2. The second-order valence-electron chi connectivity index (χ2n) is 8.63. The summed E-state index contributed by atoms with van der Waals surface area (Å²) in [5.41, 5.74) is 4.40. The van der Waals surface area contributed by atoms with Crippen LogP contribution in [0, 0.1) is 17.2 Å².